The molecule has 6 heteroatoms. The first-order valence-corrected chi connectivity index (χ1v) is 10.8. The molecule has 2 fully saturated rings. The molecule has 2 heterocycles. The number of nitrogens with one attached hydrogen (secondary N) is 1. The SMILES string of the molecule is O=C(Cc1sc(NC2CC3CCC2C3)nc1O)N1CCCc2ccccc21. The molecule has 1 aliphatic heterocycles. The van der Waals surface area contributed by atoms with Crippen LogP contribution in [0.25, 0.3) is 0 Å². The van der Waals surface area contributed by atoms with Gasteiger partial charge in [0.25, 0.3) is 0 Å². The lowest BCUT2D eigenvalue weighted by molar-refractivity contribution is -0.118. The third kappa shape index (κ3) is 3.20. The van der Waals surface area contributed by atoms with Gasteiger partial charge in [-0.25, -0.2) is 0 Å². The Morgan fingerprint density at radius 1 is 1.30 bits per heavy atom. The highest BCUT2D eigenvalue weighted by Gasteiger charge is 2.39. The normalized spacial score (nSPS) is 26.2. The second-order valence-electron chi connectivity index (χ2n) is 8.15. The van der Waals surface area contributed by atoms with Crippen LogP contribution in [0.3, 0.4) is 0 Å². The van der Waals surface area contributed by atoms with Crippen molar-refractivity contribution in [2.45, 2.75) is 51.0 Å². The molecule has 2 aromatic rings. The minimum absolute atomic E-state index is 0.00398. The van der Waals surface area contributed by atoms with E-state index in [1.54, 1.807) is 0 Å². The zero-order chi connectivity index (χ0) is 18.4. The first-order chi connectivity index (χ1) is 13.2. The molecule has 5 nitrogen and oxygen atoms in total. The molecule has 0 radical (unpaired) electrons. The van der Waals surface area contributed by atoms with E-state index in [1.165, 1.54) is 42.6 Å². The number of aryl methyl sites for hydroxylation is 1. The summed E-state index contributed by atoms with van der Waals surface area (Å²) >= 11 is 1.43. The summed E-state index contributed by atoms with van der Waals surface area (Å²) in [5.74, 6) is 1.65. The summed E-state index contributed by atoms with van der Waals surface area (Å²) in [6.07, 6.45) is 7.41. The summed E-state index contributed by atoms with van der Waals surface area (Å²) in [6, 6.07) is 8.59. The van der Waals surface area contributed by atoms with E-state index in [0.717, 1.165) is 42.0 Å². The third-order valence-electron chi connectivity index (χ3n) is 6.45. The second-order valence-corrected chi connectivity index (χ2v) is 9.23. The highest BCUT2D eigenvalue weighted by atomic mass is 32.1. The quantitative estimate of drug-likeness (QED) is 0.838. The van der Waals surface area contributed by atoms with Gasteiger partial charge in [0.2, 0.25) is 11.8 Å². The number of anilines is 2. The summed E-state index contributed by atoms with van der Waals surface area (Å²) in [5, 5.41) is 14.5. The van der Waals surface area contributed by atoms with Crippen molar-refractivity contribution in [2.24, 2.45) is 11.8 Å². The maximum absolute atomic E-state index is 12.9. The van der Waals surface area contributed by atoms with Crippen LogP contribution in [0.1, 0.15) is 42.5 Å². The van der Waals surface area contributed by atoms with Crippen LogP contribution in [-0.2, 0) is 17.6 Å². The van der Waals surface area contributed by atoms with Crippen LogP contribution in [0, 0.1) is 11.8 Å². The molecule has 2 saturated carbocycles. The number of fused-ring (bicyclic) bond motifs is 3. The lowest BCUT2D eigenvalue weighted by Crippen LogP contribution is -2.36. The topological polar surface area (TPSA) is 65.5 Å². The second kappa shape index (κ2) is 6.82. The summed E-state index contributed by atoms with van der Waals surface area (Å²) in [5.41, 5.74) is 2.24. The Bertz CT molecular complexity index is 865. The first-order valence-electron chi connectivity index (χ1n) is 10.0. The van der Waals surface area contributed by atoms with Gasteiger partial charge in [0, 0.05) is 18.3 Å². The number of aromatic nitrogens is 1. The van der Waals surface area contributed by atoms with Gasteiger partial charge in [-0.2, -0.15) is 4.98 Å². The maximum Gasteiger partial charge on any atom is 0.232 e. The van der Waals surface area contributed by atoms with E-state index in [1.807, 2.05) is 23.1 Å². The Labute approximate surface area is 163 Å². The molecule has 27 heavy (non-hydrogen) atoms. The lowest BCUT2D eigenvalue weighted by Gasteiger charge is -2.29. The zero-order valence-corrected chi connectivity index (χ0v) is 16.2. The van der Waals surface area contributed by atoms with E-state index in [0.29, 0.717) is 10.9 Å². The number of amides is 1. The Morgan fingerprint density at radius 2 is 2.19 bits per heavy atom. The summed E-state index contributed by atoms with van der Waals surface area (Å²) in [4.78, 5) is 19.7. The molecule has 3 aliphatic rings. The number of para-hydroxylation sites is 1. The number of carbonyl (C=O) groups is 1. The van der Waals surface area contributed by atoms with Gasteiger partial charge >= 0.3 is 0 Å². The van der Waals surface area contributed by atoms with Crippen LogP contribution < -0.4 is 10.2 Å². The fourth-order valence-electron chi connectivity index (χ4n) is 5.13. The molecular weight excluding hydrogens is 358 g/mol. The van der Waals surface area contributed by atoms with Crippen LogP contribution in [0.4, 0.5) is 10.8 Å². The van der Waals surface area contributed by atoms with E-state index in [2.05, 4.69) is 16.4 Å². The van der Waals surface area contributed by atoms with Gasteiger partial charge in [-0.05, 0) is 55.6 Å². The largest absolute Gasteiger partial charge is 0.492 e. The minimum Gasteiger partial charge on any atom is -0.492 e. The van der Waals surface area contributed by atoms with Crippen molar-refractivity contribution < 1.29 is 9.90 Å². The van der Waals surface area contributed by atoms with Crippen molar-refractivity contribution in [3.8, 4) is 5.88 Å². The molecule has 2 aliphatic carbocycles. The molecule has 2 bridgehead atoms. The number of hydrogen-bond acceptors (Lipinski definition) is 5. The molecule has 1 aromatic carbocycles. The van der Waals surface area contributed by atoms with E-state index < -0.39 is 0 Å². The van der Waals surface area contributed by atoms with Gasteiger partial charge in [-0.15, -0.1) is 0 Å². The predicted molar refractivity (Wildman–Crippen MR) is 107 cm³/mol. The molecule has 3 atom stereocenters. The fourth-order valence-corrected chi connectivity index (χ4v) is 6.03. The molecule has 0 saturated heterocycles. The average molecular weight is 384 g/mol. The monoisotopic (exact) mass is 383 g/mol. The predicted octanol–water partition coefficient (Wildman–Crippen LogP) is 3.97. The van der Waals surface area contributed by atoms with Gasteiger partial charge in [0.1, 0.15) is 0 Å². The molecule has 142 valence electrons. The molecule has 2 N–H and O–H groups in total. The van der Waals surface area contributed by atoms with Crippen molar-refractivity contribution in [3.05, 3.63) is 34.7 Å². The van der Waals surface area contributed by atoms with Gasteiger partial charge in [0.15, 0.2) is 5.13 Å². The van der Waals surface area contributed by atoms with Crippen molar-refractivity contribution in [1.82, 2.24) is 4.98 Å². The van der Waals surface area contributed by atoms with Crippen molar-refractivity contribution in [1.29, 1.82) is 0 Å². The highest BCUT2D eigenvalue weighted by Crippen LogP contribution is 2.46. The number of rotatable bonds is 4. The lowest BCUT2D eigenvalue weighted by atomic mass is 9.96. The van der Waals surface area contributed by atoms with Gasteiger partial charge in [0.05, 0.1) is 11.3 Å². The standard InChI is InChI=1S/C21H25N3O2S/c25-19(24-9-3-5-14-4-1-2-6-17(14)24)12-18-20(26)23-21(27-18)22-16-11-13-7-8-15(16)10-13/h1-2,4,6,13,15-16,26H,3,5,7-12H2,(H,22,23). The van der Waals surface area contributed by atoms with E-state index in [4.69, 9.17) is 0 Å². The summed E-state index contributed by atoms with van der Waals surface area (Å²) < 4.78 is 0. The van der Waals surface area contributed by atoms with E-state index >= 15 is 0 Å². The Hall–Kier alpha value is -2.08. The van der Waals surface area contributed by atoms with E-state index in [-0.39, 0.29) is 18.2 Å². The summed E-state index contributed by atoms with van der Waals surface area (Å²) in [6.45, 7) is 0.742. The number of hydrogen-bond donors (Lipinski definition) is 2. The van der Waals surface area contributed by atoms with Crippen LogP contribution in [0.15, 0.2) is 24.3 Å². The van der Waals surface area contributed by atoms with Gasteiger partial charge in [-0.1, -0.05) is 36.0 Å². The maximum atomic E-state index is 12.9. The number of benzene rings is 1. The number of carbonyl (C=O) groups excluding carboxylic acids is 1. The number of aromatic hydroxyl groups is 1. The molecular formula is C21H25N3O2S. The molecule has 3 unspecified atom stereocenters. The minimum atomic E-state index is 0.00398. The molecule has 1 amide bonds. The van der Waals surface area contributed by atoms with Gasteiger partial charge in [-0.3, -0.25) is 4.79 Å². The van der Waals surface area contributed by atoms with Gasteiger partial charge < -0.3 is 15.3 Å². The van der Waals surface area contributed by atoms with Crippen LogP contribution in [0.5, 0.6) is 5.88 Å². The Balaban J connectivity index is 1.29. The fraction of sp³-hybridized carbons (Fsp3) is 0.524. The Kier molecular flexibility index (Phi) is 4.31. The van der Waals surface area contributed by atoms with E-state index in [9.17, 15) is 9.90 Å². The van der Waals surface area contributed by atoms with Crippen molar-refractivity contribution >= 4 is 28.1 Å². The number of nitrogens with zero attached hydrogens (tertiary/aromatic N) is 2. The molecule has 0 spiro atoms. The Morgan fingerprint density at radius 3 is 3.00 bits per heavy atom. The molecule has 5 rings (SSSR count). The highest BCUT2D eigenvalue weighted by molar-refractivity contribution is 7.16. The van der Waals surface area contributed by atoms with Crippen LogP contribution in [-0.4, -0.2) is 28.6 Å². The third-order valence-corrected chi connectivity index (χ3v) is 7.42. The summed E-state index contributed by atoms with van der Waals surface area (Å²) in [7, 11) is 0. The zero-order valence-electron chi connectivity index (χ0n) is 15.4. The smallest absolute Gasteiger partial charge is 0.232 e. The van der Waals surface area contributed by atoms with Crippen LogP contribution >= 0.6 is 11.3 Å². The van der Waals surface area contributed by atoms with Crippen molar-refractivity contribution in [2.75, 3.05) is 16.8 Å². The first kappa shape index (κ1) is 17.0. The number of thiazole rings is 1. The van der Waals surface area contributed by atoms with Crippen LogP contribution in [0.2, 0.25) is 0 Å². The molecule has 1 aromatic heterocycles. The van der Waals surface area contributed by atoms with Crippen molar-refractivity contribution in [3.63, 3.8) is 0 Å². The average Bonchev–Trinajstić information content (AvgIpc) is 3.38.